The highest BCUT2D eigenvalue weighted by Crippen LogP contribution is 2.52. The molecule has 1 aromatic carbocycles. The molecule has 0 saturated carbocycles. The van der Waals surface area contributed by atoms with Crippen LogP contribution < -0.4 is 10.2 Å². The number of fused-ring (bicyclic) bond motifs is 3. The minimum absolute atomic E-state index is 0.0902. The molecule has 1 atom stereocenters. The number of nitrogens with zero attached hydrogens (tertiary/aromatic N) is 1. The number of hydrogen-bond donors (Lipinski definition) is 1. The van der Waals surface area contributed by atoms with Crippen molar-refractivity contribution in [2.75, 3.05) is 11.4 Å². The molecule has 24 heavy (non-hydrogen) atoms. The van der Waals surface area contributed by atoms with Crippen LogP contribution in [-0.2, 0) is 10.2 Å². The lowest BCUT2D eigenvalue weighted by Gasteiger charge is -2.49. The molecule has 1 saturated heterocycles. The maximum absolute atomic E-state index is 12.3. The fourth-order valence-corrected chi connectivity index (χ4v) is 4.06. The maximum Gasteiger partial charge on any atom is 0.223 e. The smallest absolute Gasteiger partial charge is 0.223 e. The standard InChI is InChI=1S/C20H22N2O2/c1-14-8-9-15(24-14)10-12-20-19(2,3)16-6-4-5-7-17(16)22(20)13-11-18(23)21-20/h4-10,12H,11,13H2,1-3H3,(H,21,23). The Morgan fingerprint density at radius 1 is 1.21 bits per heavy atom. The summed E-state index contributed by atoms with van der Waals surface area (Å²) in [4.78, 5) is 14.6. The van der Waals surface area contributed by atoms with Crippen LogP contribution >= 0.6 is 0 Å². The quantitative estimate of drug-likeness (QED) is 0.918. The Bertz CT molecular complexity index is 834. The number of aryl methyl sites for hydroxylation is 1. The fraction of sp³-hybridized carbons (Fsp3) is 0.350. The van der Waals surface area contributed by atoms with E-state index in [1.54, 1.807) is 0 Å². The monoisotopic (exact) mass is 322 g/mol. The van der Waals surface area contributed by atoms with Crippen molar-refractivity contribution in [3.8, 4) is 0 Å². The van der Waals surface area contributed by atoms with Crippen molar-refractivity contribution in [3.05, 3.63) is 59.6 Å². The zero-order valence-corrected chi connectivity index (χ0v) is 14.3. The van der Waals surface area contributed by atoms with Gasteiger partial charge in [0.2, 0.25) is 5.91 Å². The Hall–Kier alpha value is -2.49. The van der Waals surface area contributed by atoms with E-state index in [1.165, 1.54) is 11.3 Å². The Morgan fingerprint density at radius 3 is 2.75 bits per heavy atom. The number of benzene rings is 1. The predicted molar refractivity (Wildman–Crippen MR) is 94.8 cm³/mol. The fourth-order valence-electron chi connectivity index (χ4n) is 4.06. The number of anilines is 1. The summed E-state index contributed by atoms with van der Waals surface area (Å²) in [6, 6.07) is 12.3. The number of amides is 1. The van der Waals surface area contributed by atoms with Crippen molar-refractivity contribution in [1.29, 1.82) is 0 Å². The van der Waals surface area contributed by atoms with Crippen LogP contribution in [0.4, 0.5) is 5.69 Å². The van der Waals surface area contributed by atoms with Crippen LogP contribution in [-0.4, -0.2) is 18.1 Å². The second-order valence-corrected chi connectivity index (χ2v) is 7.14. The average molecular weight is 322 g/mol. The molecule has 1 aromatic heterocycles. The molecular formula is C20H22N2O2. The molecule has 0 bridgehead atoms. The van der Waals surface area contributed by atoms with Gasteiger partial charge >= 0.3 is 0 Å². The van der Waals surface area contributed by atoms with Crippen molar-refractivity contribution in [2.45, 2.75) is 38.3 Å². The molecule has 0 radical (unpaired) electrons. The molecule has 1 N–H and O–H groups in total. The molecule has 3 heterocycles. The Labute approximate surface area is 142 Å². The molecular weight excluding hydrogens is 300 g/mol. The van der Waals surface area contributed by atoms with E-state index in [2.05, 4.69) is 54.4 Å². The largest absolute Gasteiger partial charge is 0.462 e. The first-order chi connectivity index (χ1) is 11.4. The summed E-state index contributed by atoms with van der Waals surface area (Å²) in [6.07, 6.45) is 4.57. The molecule has 4 nitrogen and oxygen atoms in total. The van der Waals surface area contributed by atoms with E-state index in [1.807, 2.05) is 25.1 Å². The van der Waals surface area contributed by atoms with Gasteiger partial charge < -0.3 is 14.6 Å². The lowest BCUT2D eigenvalue weighted by molar-refractivity contribution is -0.124. The van der Waals surface area contributed by atoms with E-state index in [-0.39, 0.29) is 11.3 Å². The van der Waals surface area contributed by atoms with E-state index in [0.29, 0.717) is 13.0 Å². The molecule has 0 spiro atoms. The third-order valence-corrected chi connectivity index (χ3v) is 5.39. The molecule has 4 heteroatoms. The van der Waals surface area contributed by atoms with E-state index >= 15 is 0 Å². The van der Waals surface area contributed by atoms with Gasteiger partial charge in [-0.3, -0.25) is 4.79 Å². The number of carbonyl (C=O) groups excluding carboxylic acids is 1. The molecule has 0 aliphatic carbocycles. The molecule has 4 rings (SSSR count). The third-order valence-electron chi connectivity index (χ3n) is 5.39. The Morgan fingerprint density at radius 2 is 2.00 bits per heavy atom. The Balaban J connectivity index is 1.85. The maximum atomic E-state index is 12.3. The number of carbonyl (C=O) groups is 1. The van der Waals surface area contributed by atoms with Gasteiger partial charge in [-0.25, -0.2) is 0 Å². The minimum Gasteiger partial charge on any atom is -0.462 e. The molecule has 2 aliphatic rings. The first-order valence-electron chi connectivity index (χ1n) is 8.38. The average Bonchev–Trinajstić information content (AvgIpc) is 3.05. The summed E-state index contributed by atoms with van der Waals surface area (Å²) in [6.45, 7) is 7.03. The summed E-state index contributed by atoms with van der Waals surface area (Å²) >= 11 is 0. The van der Waals surface area contributed by atoms with Gasteiger partial charge in [-0.1, -0.05) is 32.0 Å². The van der Waals surface area contributed by atoms with Crippen molar-refractivity contribution in [2.24, 2.45) is 0 Å². The molecule has 2 aromatic rings. The van der Waals surface area contributed by atoms with Crippen LogP contribution in [0.15, 0.2) is 46.9 Å². The van der Waals surface area contributed by atoms with Crippen LogP contribution in [0.1, 0.15) is 37.4 Å². The first kappa shape index (κ1) is 15.1. The molecule has 124 valence electrons. The first-order valence-corrected chi connectivity index (χ1v) is 8.38. The Kier molecular flexibility index (Phi) is 3.14. The van der Waals surface area contributed by atoms with Crippen LogP contribution in [0, 0.1) is 6.92 Å². The van der Waals surface area contributed by atoms with Gasteiger partial charge in [0.1, 0.15) is 17.2 Å². The molecule has 2 aliphatic heterocycles. The highest BCUT2D eigenvalue weighted by Gasteiger charge is 2.57. The van der Waals surface area contributed by atoms with E-state index in [4.69, 9.17) is 4.42 Å². The second-order valence-electron chi connectivity index (χ2n) is 7.14. The van der Waals surface area contributed by atoms with Gasteiger partial charge in [-0.15, -0.1) is 0 Å². The normalized spacial score (nSPS) is 24.8. The van der Waals surface area contributed by atoms with Gasteiger partial charge in [-0.05, 0) is 42.8 Å². The van der Waals surface area contributed by atoms with Crippen LogP contribution in [0.25, 0.3) is 6.08 Å². The van der Waals surface area contributed by atoms with Gasteiger partial charge in [-0.2, -0.15) is 0 Å². The van der Waals surface area contributed by atoms with Crippen molar-refractivity contribution < 1.29 is 9.21 Å². The minimum atomic E-state index is -0.577. The summed E-state index contributed by atoms with van der Waals surface area (Å²) in [7, 11) is 0. The van der Waals surface area contributed by atoms with E-state index in [0.717, 1.165) is 11.5 Å². The van der Waals surface area contributed by atoms with E-state index in [9.17, 15) is 4.79 Å². The second kappa shape index (κ2) is 5.00. The van der Waals surface area contributed by atoms with Crippen molar-refractivity contribution >= 4 is 17.7 Å². The van der Waals surface area contributed by atoms with Gasteiger partial charge in [0, 0.05) is 24.1 Å². The van der Waals surface area contributed by atoms with Crippen LogP contribution in [0.3, 0.4) is 0 Å². The van der Waals surface area contributed by atoms with Gasteiger partial charge in [0.15, 0.2) is 0 Å². The SMILES string of the molecule is Cc1ccc(C=CC23NC(=O)CCN2c2ccccc2C3(C)C)o1. The summed E-state index contributed by atoms with van der Waals surface area (Å²) in [5.41, 5.74) is 1.63. The zero-order valence-electron chi connectivity index (χ0n) is 14.3. The third kappa shape index (κ3) is 1.95. The van der Waals surface area contributed by atoms with E-state index < -0.39 is 5.66 Å². The highest BCUT2D eigenvalue weighted by molar-refractivity contribution is 5.84. The number of furan rings is 1. The lowest BCUT2D eigenvalue weighted by atomic mass is 9.74. The van der Waals surface area contributed by atoms with Gasteiger partial charge in [0.05, 0.1) is 0 Å². The van der Waals surface area contributed by atoms with Crippen molar-refractivity contribution in [3.63, 3.8) is 0 Å². The van der Waals surface area contributed by atoms with Crippen LogP contribution in [0.5, 0.6) is 0 Å². The molecule has 1 fully saturated rings. The summed E-state index contributed by atoms with van der Waals surface area (Å²) in [5, 5.41) is 3.26. The summed E-state index contributed by atoms with van der Waals surface area (Å²) < 4.78 is 5.67. The molecule has 1 unspecified atom stereocenters. The topological polar surface area (TPSA) is 45.5 Å². The predicted octanol–water partition coefficient (Wildman–Crippen LogP) is 3.62. The number of nitrogens with one attached hydrogen (secondary N) is 1. The van der Waals surface area contributed by atoms with Crippen molar-refractivity contribution in [1.82, 2.24) is 5.32 Å². The number of para-hydroxylation sites is 1. The number of hydrogen-bond acceptors (Lipinski definition) is 3. The van der Waals surface area contributed by atoms with Crippen LogP contribution in [0.2, 0.25) is 0 Å². The number of rotatable bonds is 2. The van der Waals surface area contributed by atoms with Gasteiger partial charge in [0.25, 0.3) is 0 Å². The summed E-state index contributed by atoms with van der Waals surface area (Å²) in [5.74, 6) is 1.77. The lowest BCUT2D eigenvalue weighted by Crippen LogP contribution is -2.68. The highest BCUT2D eigenvalue weighted by atomic mass is 16.3. The zero-order chi connectivity index (χ0) is 16.9. The molecule has 1 amide bonds.